The summed E-state index contributed by atoms with van der Waals surface area (Å²) in [4.78, 5) is 13.5. The smallest absolute Gasteiger partial charge is 0.137 e. The number of rotatable bonds is 3. The quantitative estimate of drug-likeness (QED) is 0.478. The molecule has 0 radical (unpaired) electrons. The number of hydrogen-bond donors (Lipinski definition) is 0. The van der Waals surface area contributed by atoms with Crippen molar-refractivity contribution in [2.75, 3.05) is 0 Å². The molecule has 0 bridgehead atoms. The maximum Gasteiger partial charge on any atom is 0.137 e. The van der Waals surface area contributed by atoms with Gasteiger partial charge in [0, 0.05) is 41.6 Å². The van der Waals surface area contributed by atoms with Crippen LogP contribution in [0.5, 0.6) is 0 Å². The summed E-state index contributed by atoms with van der Waals surface area (Å²) < 4.78 is 14.3. The number of hydrogen-bond acceptors (Lipinski definition) is 3. The van der Waals surface area contributed by atoms with E-state index in [0.717, 1.165) is 39.1 Å². The third-order valence-corrected chi connectivity index (χ3v) is 5.47. The highest BCUT2D eigenvalue weighted by molar-refractivity contribution is 6.04. The highest BCUT2D eigenvalue weighted by Crippen LogP contribution is 2.47. The van der Waals surface area contributed by atoms with Crippen molar-refractivity contribution in [3.8, 4) is 11.1 Å². The fraction of sp³-hybridized carbons (Fsp3) is 0.0800. The lowest BCUT2D eigenvalue weighted by Crippen LogP contribution is -2.25. The SMILES string of the molecule is CC1=NC(c2ccncc2)(c2cccc(-c3cccnc3)c2)c2cc(F)ccc21. The molecule has 0 saturated heterocycles. The molecular formula is C25H18FN3. The molecule has 3 nitrogen and oxygen atoms in total. The van der Waals surface area contributed by atoms with Crippen molar-refractivity contribution in [3.05, 3.63) is 120 Å². The van der Waals surface area contributed by atoms with Gasteiger partial charge in [-0.15, -0.1) is 0 Å². The summed E-state index contributed by atoms with van der Waals surface area (Å²) >= 11 is 0. The molecule has 0 fully saturated rings. The Hall–Kier alpha value is -3.66. The minimum Gasteiger partial charge on any atom is -0.268 e. The summed E-state index contributed by atoms with van der Waals surface area (Å²) in [5.41, 5.74) is 5.90. The van der Waals surface area contributed by atoms with Crippen molar-refractivity contribution in [2.45, 2.75) is 12.5 Å². The first-order valence-corrected chi connectivity index (χ1v) is 9.47. The highest BCUT2D eigenvalue weighted by Gasteiger charge is 2.42. The molecule has 3 heterocycles. The summed E-state index contributed by atoms with van der Waals surface area (Å²) in [7, 11) is 0. The van der Waals surface area contributed by atoms with Crippen LogP contribution in [-0.2, 0) is 5.54 Å². The number of aromatic nitrogens is 2. The Bertz CT molecular complexity index is 1220. The Morgan fingerprint density at radius 2 is 1.59 bits per heavy atom. The van der Waals surface area contributed by atoms with Crippen LogP contribution in [0.2, 0.25) is 0 Å². The second kappa shape index (κ2) is 6.74. The second-order valence-electron chi connectivity index (χ2n) is 7.16. The van der Waals surface area contributed by atoms with Crippen molar-refractivity contribution in [2.24, 2.45) is 4.99 Å². The average molecular weight is 379 g/mol. The third-order valence-electron chi connectivity index (χ3n) is 5.47. The van der Waals surface area contributed by atoms with Crippen LogP contribution in [0.25, 0.3) is 11.1 Å². The van der Waals surface area contributed by atoms with Crippen molar-refractivity contribution in [3.63, 3.8) is 0 Å². The Morgan fingerprint density at radius 3 is 2.38 bits per heavy atom. The van der Waals surface area contributed by atoms with Crippen molar-refractivity contribution < 1.29 is 4.39 Å². The van der Waals surface area contributed by atoms with E-state index in [1.165, 1.54) is 6.07 Å². The summed E-state index contributed by atoms with van der Waals surface area (Å²) in [6, 6.07) is 21.0. The zero-order chi connectivity index (χ0) is 19.8. The second-order valence-corrected chi connectivity index (χ2v) is 7.16. The number of benzene rings is 2. The van der Waals surface area contributed by atoms with Gasteiger partial charge in [-0.05, 0) is 71.6 Å². The first-order chi connectivity index (χ1) is 14.2. The molecule has 2 aromatic heterocycles. The van der Waals surface area contributed by atoms with Gasteiger partial charge in [0.15, 0.2) is 0 Å². The van der Waals surface area contributed by atoms with Crippen LogP contribution in [0.4, 0.5) is 4.39 Å². The lowest BCUT2D eigenvalue weighted by atomic mass is 9.77. The van der Waals surface area contributed by atoms with Crippen LogP contribution in [-0.4, -0.2) is 15.7 Å². The lowest BCUT2D eigenvalue weighted by molar-refractivity contribution is 0.612. The number of pyridine rings is 2. The van der Waals surface area contributed by atoms with Crippen molar-refractivity contribution in [1.29, 1.82) is 0 Å². The first kappa shape index (κ1) is 17.4. The minimum absolute atomic E-state index is 0.268. The van der Waals surface area contributed by atoms with Gasteiger partial charge in [0.1, 0.15) is 11.4 Å². The van der Waals surface area contributed by atoms with Gasteiger partial charge in [-0.25, -0.2) is 4.39 Å². The zero-order valence-corrected chi connectivity index (χ0v) is 15.9. The fourth-order valence-corrected chi connectivity index (χ4v) is 4.16. The van der Waals surface area contributed by atoms with Gasteiger partial charge in [0.25, 0.3) is 0 Å². The maximum atomic E-state index is 14.3. The minimum atomic E-state index is -0.817. The van der Waals surface area contributed by atoms with Crippen molar-refractivity contribution in [1.82, 2.24) is 9.97 Å². The first-order valence-electron chi connectivity index (χ1n) is 9.47. The average Bonchev–Trinajstić information content (AvgIpc) is 3.08. The van der Waals surface area contributed by atoms with Crippen LogP contribution >= 0.6 is 0 Å². The molecule has 29 heavy (non-hydrogen) atoms. The summed E-state index contributed by atoms with van der Waals surface area (Å²) in [6.07, 6.45) is 7.11. The van der Waals surface area contributed by atoms with Crippen LogP contribution in [0.1, 0.15) is 29.2 Å². The van der Waals surface area contributed by atoms with Gasteiger partial charge in [-0.1, -0.05) is 24.3 Å². The van der Waals surface area contributed by atoms with E-state index in [1.807, 2.05) is 49.5 Å². The molecule has 1 atom stereocenters. The third kappa shape index (κ3) is 2.76. The molecule has 0 amide bonds. The largest absolute Gasteiger partial charge is 0.268 e. The highest BCUT2D eigenvalue weighted by atomic mass is 19.1. The summed E-state index contributed by atoms with van der Waals surface area (Å²) in [5.74, 6) is -0.268. The zero-order valence-electron chi connectivity index (χ0n) is 15.9. The van der Waals surface area contributed by atoms with Crippen LogP contribution in [0.15, 0.2) is 96.5 Å². The van der Waals surface area contributed by atoms with Crippen LogP contribution in [0.3, 0.4) is 0 Å². The van der Waals surface area contributed by atoms with Gasteiger partial charge in [0.2, 0.25) is 0 Å². The number of aliphatic imine (C=N–C) groups is 1. The monoisotopic (exact) mass is 379 g/mol. The topological polar surface area (TPSA) is 38.1 Å². The predicted molar refractivity (Wildman–Crippen MR) is 112 cm³/mol. The Labute approximate surface area is 168 Å². The van der Waals surface area contributed by atoms with Crippen LogP contribution in [0, 0.1) is 5.82 Å². The molecule has 4 aromatic rings. The Morgan fingerprint density at radius 1 is 0.759 bits per heavy atom. The molecule has 1 unspecified atom stereocenters. The number of fused-ring (bicyclic) bond motifs is 1. The molecule has 4 heteroatoms. The standard InChI is InChI=1S/C25H18FN3/c1-17-23-8-7-22(26)15-24(23)25(29-17,20-9-12-27-13-10-20)21-6-2-4-18(14-21)19-5-3-11-28-16-19/h2-16H,1H3. The molecule has 0 spiro atoms. The molecule has 1 aliphatic rings. The lowest BCUT2D eigenvalue weighted by Gasteiger charge is -2.29. The molecule has 140 valence electrons. The molecule has 5 rings (SSSR count). The maximum absolute atomic E-state index is 14.3. The summed E-state index contributed by atoms with van der Waals surface area (Å²) in [6.45, 7) is 1.98. The normalized spacial score (nSPS) is 17.7. The van der Waals surface area contributed by atoms with E-state index in [1.54, 1.807) is 24.7 Å². The molecule has 0 N–H and O–H groups in total. The van der Waals surface area contributed by atoms with E-state index in [4.69, 9.17) is 4.99 Å². The molecule has 0 saturated carbocycles. The Kier molecular flexibility index (Phi) is 4.06. The molecule has 1 aliphatic heterocycles. The van der Waals surface area contributed by atoms with Gasteiger partial charge < -0.3 is 0 Å². The van der Waals surface area contributed by atoms with E-state index in [9.17, 15) is 4.39 Å². The summed E-state index contributed by atoms with van der Waals surface area (Å²) in [5, 5.41) is 0. The molecule has 0 aliphatic carbocycles. The number of nitrogens with zero attached hydrogens (tertiary/aromatic N) is 3. The molecule has 2 aromatic carbocycles. The van der Waals surface area contributed by atoms with Crippen LogP contribution < -0.4 is 0 Å². The van der Waals surface area contributed by atoms with Gasteiger partial charge >= 0.3 is 0 Å². The van der Waals surface area contributed by atoms with E-state index in [0.29, 0.717) is 0 Å². The van der Waals surface area contributed by atoms with Gasteiger partial charge in [-0.3, -0.25) is 15.0 Å². The van der Waals surface area contributed by atoms with Gasteiger partial charge in [0.05, 0.1) is 0 Å². The van der Waals surface area contributed by atoms with Crippen molar-refractivity contribution >= 4 is 5.71 Å². The predicted octanol–water partition coefficient (Wildman–Crippen LogP) is 5.40. The fourth-order valence-electron chi connectivity index (χ4n) is 4.16. The van der Waals surface area contributed by atoms with E-state index < -0.39 is 5.54 Å². The van der Waals surface area contributed by atoms with E-state index >= 15 is 0 Å². The van der Waals surface area contributed by atoms with E-state index in [-0.39, 0.29) is 5.82 Å². The molecular weight excluding hydrogens is 361 g/mol. The van der Waals surface area contributed by atoms with E-state index in [2.05, 4.69) is 28.2 Å². The van der Waals surface area contributed by atoms with Gasteiger partial charge in [-0.2, -0.15) is 0 Å². The Balaban J connectivity index is 1.81. The number of halogens is 1.